The van der Waals surface area contributed by atoms with Gasteiger partial charge in [0.15, 0.2) is 0 Å². The van der Waals surface area contributed by atoms with Gasteiger partial charge in [-0.2, -0.15) is 13.2 Å². The number of halogens is 3. The molecule has 0 aliphatic rings. The van der Waals surface area contributed by atoms with Gasteiger partial charge in [-0.25, -0.2) is 0 Å². The molecule has 1 rings (SSSR count). The highest BCUT2D eigenvalue weighted by atomic mass is 19.4. The van der Waals surface area contributed by atoms with Gasteiger partial charge < -0.3 is 10.6 Å². The number of nitrogens with two attached hydrogens (primary N) is 1. The van der Waals surface area contributed by atoms with Crippen LogP contribution in [0.25, 0.3) is 0 Å². The van der Waals surface area contributed by atoms with Crippen molar-refractivity contribution in [3.05, 3.63) is 29.3 Å². The minimum Gasteiger partial charge on any atom is -0.369 e. The zero-order chi connectivity index (χ0) is 14.6. The van der Waals surface area contributed by atoms with Crippen molar-refractivity contribution in [2.75, 3.05) is 11.4 Å². The minimum absolute atomic E-state index is 0.110. The summed E-state index contributed by atoms with van der Waals surface area (Å²) < 4.78 is 38.4. The van der Waals surface area contributed by atoms with Gasteiger partial charge in [-0.3, -0.25) is 0 Å². The summed E-state index contributed by atoms with van der Waals surface area (Å²) >= 11 is 0. The maximum absolute atomic E-state index is 12.8. The highest BCUT2D eigenvalue weighted by Gasteiger charge is 2.33. The molecule has 0 saturated heterocycles. The third-order valence-electron chi connectivity index (χ3n) is 3.03. The molecule has 19 heavy (non-hydrogen) atoms. The fourth-order valence-electron chi connectivity index (χ4n) is 2.13. The zero-order valence-electron chi connectivity index (χ0n) is 11.6. The number of rotatable bonds is 5. The molecule has 0 bridgehead atoms. The first-order valence-corrected chi connectivity index (χ1v) is 6.48. The molecule has 0 saturated carbocycles. The number of alkyl halides is 3. The fraction of sp³-hybridized carbons (Fsp3) is 0.571. The van der Waals surface area contributed by atoms with E-state index >= 15 is 0 Å². The number of nitrogens with zero attached hydrogens (tertiary/aromatic N) is 1. The summed E-state index contributed by atoms with van der Waals surface area (Å²) in [5.41, 5.74) is 5.75. The Bertz CT molecular complexity index is 414. The predicted molar refractivity (Wildman–Crippen MR) is 72.1 cm³/mol. The van der Waals surface area contributed by atoms with Crippen LogP contribution >= 0.6 is 0 Å². The molecule has 0 unspecified atom stereocenters. The largest absolute Gasteiger partial charge is 0.416 e. The maximum atomic E-state index is 12.8. The molecule has 0 amide bonds. The van der Waals surface area contributed by atoms with E-state index in [9.17, 15) is 13.2 Å². The van der Waals surface area contributed by atoms with Gasteiger partial charge >= 0.3 is 6.18 Å². The molecule has 0 aliphatic heterocycles. The van der Waals surface area contributed by atoms with Crippen molar-refractivity contribution in [3.8, 4) is 0 Å². The van der Waals surface area contributed by atoms with Crippen LogP contribution in [-0.4, -0.2) is 12.6 Å². The van der Waals surface area contributed by atoms with Gasteiger partial charge in [-0.05, 0) is 44.0 Å². The highest BCUT2D eigenvalue weighted by Crippen LogP contribution is 2.34. The van der Waals surface area contributed by atoms with Crippen LogP contribution in [0.1, 0.15) is 38.3 Å². The molecule has 0 spiro atoms. The van der Waals surface area contributed by atoms with Gasteiger partial charge in [-0.15, -0.1) is 0 Å². The highest BCUT2D eigenvalue weighted by molar-refractivity contribution is 5.52. The van der Waals surface area contributed by atoms with E-state index in [1.165, 1.54) is 6.07 Å². The van der Waals surface area contributed by atoms with E-state index in [1.807, 2.05) is 20.8 Å². The van der Waals surface area contributed by atoms with E-state index in [-0.39, 0.29) is 18.2 Å². The van der Waals surface area contributed by atoms with Crippen molar-refractivity contribution in [1.29, 1.82) is 0 Å². The average molecular weight is 274 g/mol. The maximum Gasteiger partial charge on any atom is 0.416 e. The second-order valence-corrected chi connectivity index (χ2v) is 4.83. The monoisotopic (exact) mass is 274 g/mol. The lowest BCUT2D eigenvalue weighted by molar-refractivity contribution is -0.138. The molecule has 0 heterocycles. The summed E-state index contributed by atoms with van der Waals surface area (Å²) in [6.07, 6.45) is -3.40. The molecular weight excluding hydrogens is 253 g/mol. The molecule has 5 heteroatoms. The topological polar surface area (TPSA) is 29.3 Å². The normalized spacial score (nSPS) is 12.0. The average Bonchev–Trinajstić information content (AvgIpc) is 2.33. The van der Waals surface area contributed by atoms with Gasteiger partial charge in [0.1, 0.15) is 0 Å². The Balaban J connectivity index is 3.18. The van der Waals surface area contributed by atoms with Crippen LogP contribution < -0.4 is 10.6 Å². The summed E-state index contributed by atoms with van der Waals surface area (Å²) in [5, 5.41) is 0. The molecule has 0 fully saturated rings. The van der Waals surface area contributed by atoms with Crippen molar-refractivity contribution >= 4 is 5.69 Å². The van der Waals surface area contributed by atoms with Crippen LogP contribution in [0.2, 0.25) is 0 Å². The number of hydrogen-bond donors (Lipinski definition) is 1. The molecule has 2 nitrogen and oxygen atoms in total. The molecular formula is C14H21F3N2. The first kappa shape index (κ1) is 15.8. The molecule has 0 radical (unpaired) electrons. The minimum atomic E-state index is -4.35. The Morgan fingerprint density at radius 1 is 1.26 bits per heavy atom. The summed E-state index contributed by atoms with van der Waals surface area (Å²) in [6.45, 7) is 6.79. The Kier molecular flexibility index (Phi) is 5.23. The molecule has 1 aromatic rings. The summed E-state index contributed by atoms with van der Waals surface area (Å²) in [5.74, 6) is 0. The molecule has 108 valence electrons. The van der Waals surface area contributed by atoms with Crippen molar-refractivity contribution < 1.29 is 13.2 Å². The fourth-order valence-corrected chi connectivity index (χ4v) is 2.13. The van der Waals surface area contributed by atoms with Crippen LogP contribution in [0.5, 0.6) is 0 Å². The third-order valence-corrected chi connectivity index (χ3v) is 3.03. The quantitative estimate of drug-likeness (QED) is 0.885. The predicted octanol–water partition coefficient (Wildman–Crippen LogP) is 3.79. The SMILES string of the molecule is CCCN(c1ccc(C(F)(F)F)c(CN)c1)C(C)C. The van der Waals surface area contributed by atoms with Crippen molar-refractivity contribution in [2.24, 2.45) is 5.73 Å². The molecule has 0 atom stereocenters. The van der Waals surface area contributed by atoms with E-state index in [0.717, 1.165) is 24.7 Å². The number of benzene rings is 1. The molecule has 0 aromatic heterocycles. The van der Waals surface area contributed by atoms with E-state index in [2.05, 4.69) is 4.90 Å². The Morgan fingerprint density at radius 2 is 1.89 bits per heavy atom. The summed E-state index contributed by atoms with van der Waals surface area (Å²) in [7, 11) is 0. The van der Waals surface area contributed by atoms with Crippen LogP contribution in [0.4, 0.5) is 18.9 Å². The zero-order valence-corrected chi connectivity index (χ0v) is 11.6. The second-order valence-electron chi connectivity index (χ2n) is 4.83. The first-order valence-electron chi connectivity index (χ1n) is 6.48. The van der Waals surface area contributed by atoms with Crippen molar-refractivity contribution in [3.63, 3.8) is 0 Å². The number of hydrogen-bond acceptors (Lipinski definition) is 2. The first-order chi connectivity index (χ1) is 8.81. The summed E-state index contributed by atoms with van der Waals surface area (Å²) in [4.78, 5) is 2.08. The van der Waals surface area contributed by atoms with E-state index in [1.54, 1.807) is 6.07 Å². The van der Waals surface area contributed by atoms with Crippen LogP contribution in [-0.2, 0) is 12.7 Å². The second kappa shape index (κ2) is 6.28. The van der Waals surface area contributed by atoms with Gasteiger partial charge in [0, 0.05) is 24.8 Å². The van der Waals surface area contributed by atoms with E-state index in [0.29, 0.717) is 0 Å². The van der Waals surface area contributed by atoms with Gasteiger partial charge in [0.25, 0.3) is 0 Å². The lowest BCUT2D eigenvalue weighted by Gasteiger charge is -2.29. The lowest BCUT2D eigenvalue weighted by Crippen LogP contribution is -2.31. The van der Waals surface area contributed by atoms with Crippen molar-refractivity contribution in [1.82, 2.24) is 0 Å². The van der Waals surface area contributed by atoms with Crippen molar-refractivity contribution in [2.45, 2.75) is 46.0 Å². The smallest absolute Gasteiger partial charge is 0.369 e. The molecule has 0 aliphatic carbocycles. The van der Waals surface area contributed by atoms with Gasteiger partial charge in [-0.1, -0.05) is 6.92 Å². The standard InChI is InChI=1S/C14H21F3N2/c1-4-7-19(10(2)3)12-5-6-13(14(15,16)17)11(8-12)9-18/h5-6,8,10H,4,7,9,18H2,1-3H3. The third kappa shape index (κ3) is 3.86. The van der Waals surface area contributed by atoms with E-state index < -0.39 is 11.7 Å². The molecule has 1 aromatic carbocycles. The van der Waals surface area contributed by atoms with Crippen LogP contribution in [0.15, 0.2) is 18.2 Å². The Morgan fingerprint density at radius 3 is 2.32 bits per heavy atom. The molecule has 2 N–H and O–H groups in total. The van der Waals surface area contributed by atoms with Crippen LogP contribution in [0.3, 0.4) is 0 Å². The van der Waals surface area contributed by atoms with E-state index in [4.69, 9.17) is 5.73 Å². The van der Waals surface area contributed by atoms with Gasteiger partial charge in [0.2, 0.25) is 0 Å². The van der Waals surface area contributed by atoms with Gasteiger partial charge in [0.05, 0.1) is 5.56 Å². The Hall–Kier alpha value is -1.23. The summed E-state index contributed by atoms with van der Waals surface area (Å²) in [6, 6.07) is 4.45. The number of anilines is 1. The Labute approximate surface area is 112 Å². The lowest BCUT2D eigenvalue weighted by atomic mass is 10.0. The van der Waals surface area contributed by atoms with Crippen LogP contribution in [0, 0.1) is 0 Å².